The number of rotatable bonds is 4. The number of hydrogen-bond acceptors (Lipinski definition) is 5. The molecule has 7 nitrogen and oxygen atoms in total. The number of hydrogen-bond donors (Lipinski definition) is 0. The summed E-state index contributed by atoms with van der Waals surface area (Å²) in [6.45, 7) is 1.74. The molecule has 0 fully saturated rings. The summed E-state index contributed by atoms with van der Waals surface area (Å²) in [4.78, 5) is 25.4. The number of carbonyl (C=O) groups is 1. The zero-order chi connectivity index (χ0) is 19.7. The topological polar surface area (TPSA) is 79.0 Å². The van der Waals surface area contributed by atoms with E-state index in [0.717, 1.165) is 4.47 Å². The van der Waals surface area contributed by atoms with Crippen molar-refractivity contribution < 1.29 is 9.72 Å². The molecule has 1 amide bonds. The molecule has 2 aromatic rings. The number of halogens is 1. The van der Waals surface area contributed by atoms with Crippen LogP contribution in [0.5, 0.6) is 0 Å². The third-order valence-electron chi connectivity index (χ3n) is 4.12. The van der Waals surface area contributed by atoms with E-state index >= 15 is 0 Å². The maximum atomic E-state index is 12.8. The molecule has 0 spiro atoms. The number of hydrazone groups is 1. The minimum absolute atomic E-state index is 0.0147. The zero-order valence-corrected chi connectivity index (χ0v) is 16.6. The molecule has 0 bridgehead atoms. The van der Waals surface area contributed by atoms with Crippen molar-refractivity contribution in [3.05, 3.63) is 68.2 Å². The highest BCUT2D eigenvalue weighted by molar-refractivity contribution is 9.10. The Morgan fingerprint density at radius 3 is 2.44 bits per heavy atom. The van der Waals surface area contributed by atoms with E-state index < -0.39 is 4.92 Å². The molecule has 0 aliphatic carbocycles. The molecular weight excluding hydrogens is 412 g/mol. The van der Waals surface area contributed by atoms with Crippen LogP contribution >= 0.6 is 15.9 Å². The Hall–Kier alpha value is -3.00. The van der Waals surface area contributed by atoms with Crippen LogP contribution in [0, 0.1) is 10.1 Å². The third kappa shape index (κ3) is 3.75. The van der Waals surface area contributed by atoms with Gasteiger partial charge in [-0.3, -0.25) is 14.9 Å². The van der Waals surface area contributed by atoms with Crippen molar-refractivity contribution in [1.82, 2.24) is 0 Å². The van der Waals surface area contributed by atoms with Crippen molar-refractivity contribution >= 4 is 50.7 Å². The van der Waals surface area contributed by atoms with Gasteiger partial charge < -0.3 is 4.90 Å². The fraction of sp³-hybridized carbons (Fsp3) is 0.158. The van der Waals surface area contributed by atoms with E-state index in [0.29, 0.717) is 28.2 Å². The van der Waals surface area contributed by atoms with E-state index in [4.69, 9.17) is 0 Å². The number of anilines is 2. The van der Waals surface area contributed by atoms with Gasteiger partial charge in [0.2, 0.25) is 0 Å². The van der Waals surface area contributed by atoms with Gasteiger partial charge in [-0.2, -0.15) is 10.1 Å². The molecule has 0 unspecified atom stereocenters. The van der Waals surface area contributed by atoms with Crippen molar-refractivity contribution in [3.63, 3.8) is 0 Å². The Morgan fingerprint density at radius 2 is 1.85 bits per heavy atom. The van der Waals surface area contributed by atoms with Crippen molar-refractivity contribution in [2.24, 2.45) is 5.10 Å². The van der Waals surface area contributed by atoms with Crippen LogP contribution in [0.3, 0.4) is 0 Å². The first-order valence-corrected chi connectivity index (χ1v) is 8.90. The second-order valence-electron chi connectivity index (χ2n) is 6.24. The summed E-state index contributed by atoms with van der Waals surface area (Å²) in [6, 6.07) is 12.1. The first-order chi connectivity index (χ1) is 12.8. The van der Waals surface area contributed by atoms with E-state index in [1.54, 1.807) is 56.3 Å². The highest BCUT2D eigenvalue weighted by Gasteiger charge is 2.29. The Morgan fingerprint density at radius 1 is 1.19 bits per heavy atom. The summed E-state index contributed by atoms with van der Waals surface area (Å²) in [7, 11) is 3.49. The lowest BCUT2D eigenvalue weighted by atomic mass is 10.1. The molecule has 0 saturated carbocycles. The predicted octanol–water partition coefficient (Wildman–Crippen LogP) is 4.23. The van der Waals surface area contributed by atoms with Crippen molar-refractivity contribution in [3.8, 4) is 0 Å². The minimum Gasteiger partial charge on any atom is -0.372 e. The molecule has 0 aromatic heterocycles. The van der Waals surface area contributed by atoms with Gasteiger partial charge in [0.1, 0.15) is 5.69 Å². The number of carbonyl (C=O) groups excluding carboxylic acids is 1. The fourth-order valence-corrected chi connectivity index (χ4v) is 3.03. The largest absolute Gasteiger partial charge is 0.372 e. The SMILES string of the molecule is CC1=NN(c2ccc(Br)cc2)C(=O)/C1=C/c1ccc(N(C)C)c([N+](=O)[O-])c1. The van der Waals surface area contributed by atoms with Gasteiger partial charge >= 0.3 is 0 Å². The average molecular weight is 429 g/mol. The van der Waals surface area contributed by atoms with Crippen molar-refractivity contribution in [2.45, 2.75) is 6.92 Å². The van der Waals surface area contributed by atoms with E-state index in [-0.39, 0.29) is 11.6 Å². The predicted molar refractivity (Wildman–Crippen MR) is 110 cm³/mol. The molecule has 3 rings (SSSR count). The van der Waals surface area contributed by atoms with Crippen LogP contribution in [0.25, 0.3) is 6.08 Å². The fourth-order valence-electron chi connectivity index (χ4n) is 2.76. The van der Waals surface area contributed by atoms with Gasteiger partial charge in [-0.05, 0) is 48.9 Å². The molecule has 0 N–H and O–H groups in total. The van der Waals surface area contributed by atoms with Gasteiger partial charge in [0.05, 0.1) is 21.9 Å². The van der Waals surface area contributed by atoms with E-state index in [9.17, 15) is 14.9 Å². The normalized spacial score (nSPS) is 15.3. The average Bonchev–Trinajstić information content (AvgIpc) is 2.90. The van der Waals surface area contributed by atoms with Crippen LogP contribution < -0.4 is 9.91 Å². The number of nitrogens with zero attached hydrogens (tertiary/aromatic N) is 4. The molecule has 1 aliphatic heterocycles. The molecule has 27 heavy (non-hydrogen) atoms. The second-order valence-corrected chi connectivity index (χ2v) is 7.15. The minimum atomic E-state index is -0.428. The van der Waals surface area contributed by atoms with E-state index in [2.05, 4.69) is 21.0 Å². The quantitative estimate of drug-likeness (QED) is 0.414. The van der Waals surface area contributed by atoms with Crippen LogP contribution in [-0.4, -0.2) is 30.6 Å². The Kier molecular flexibility index (Phi) is 5.09. The first-order valence-electron chi connectivity index (χ1n) is 8.11. The molecule has 8 heteroatoms. The maximum Gasteiger partial charge on any atom is 0.293 e. The van der Waals surface area contributed by atoms with Gasteiger partial charge in [0.15, 0.2) is 0 Å². The zero-order valence-electron chi connectivity index (χ0n) is 15.0. The van der Waals surface area contributed by atoms with Crippen LogP contribution in [0.1, 0.15) is 12.5 Å². The number of benzene rings is 2. The number of nitro benzene ring substituents is 1. The van der Waals surface area contributed by atoms with Crippen molar-refractivity contribution in [1.29, 1.82) is 0 Å². The highest BCUT2D eigenvalue weighted by atomic mass is 79.9. The number of amides is 1. The molecule has 1 heterocycles. The highest BCUT2D eigenvalue weighted by Crippen LogP contribution is 2.30. The Labute approximate surface area is 164 Å². The maximum absolute atomic E-state index is 12.8. The Bertz CT molecular complexity index is 981. The van der Waals surface area contributed by atoms with Gasteiger partial charge in [-0.1, -0.05) is 22.0 Å². The monoisotopic (exact) mass is 428 g/mol. The summed E-state index contributed by atoms with van der Waals surface area (Å²) < 4.78 is 0.905. The third-order valence-corrected chi connectivity index (χ3v) is 4.65. The van der Waals surface area contributed by atoms with Crippen LogP contribution in [0.4, 0.5) is 17.1 Å². The molecular formula is C19H17BrN4O3. The first kappa shape index (κ1) is 18.8. The smallest absolute Gasteiger partial charge is 0.293 e. The summed E-state index contributed by atoms with van der Waals surface area (Å²) >= 11 is 3.36. The van der Waals surface area contributed by atoms with Crippen LogP contribution in [0.2, 0.25) is 0 Å². The van der Waals surface area contributed by atoms with Gasteiger partial charge in [-0.15, -0.1) is 0 Å². The van der Waals surface area contributed by atoms with Gasteiger partial charge in [0, 0.05) is 24.6 Å². The van der Waals surface area contributed by atoms with Crippen LogP contribution in [-0.2, 0) is 4.79 Å². The lowest BCUT2D eigenvalue weighted by Gasteiger charge is -2.13. The number of nitro groups is 1. The molecule has 0 atom stereocenters. The lowest BCUT2D eigenvalue weighted by Crippen LogP contribution is -2.21. The molecule has 0 saturated heterocycles. The van der Waals surface area contributed by atoms with Gasteiger partial charge in [-0.25, -0.2) is 0 Å². The molecule has 1 aliphatic rings. The molecule has 2 aromatic carbocycles. The summed E-state index contributed by atoms with van der Waals surface area (Å²) in [5.41, 5.74) is 2.68. The van der Waals surface area contributed by atoms with Gasteiger partial charge in [0.25, 0.3) is 11.6 Å². The standard InChI is InChI=1S/C19H17BrN4O3/c1-12-16(19(25)23(21-12)15-7-5-14(20)6-8-15)10-13-4-9-17(22(2)3)18(11-13)24(26)27/h4-11H,1-3H3/b16-10+. The summed E-state index contributed by atoms with van der Waals surface area (Å²) in [6.07, 6.45) is 1.63. The molecule has 0 radical (unpaired) electrons. The molecule has 138 valence electrons. The van der Waals surface area contributed by atoms with E-state index in [1.165, 1.54) is 11.1 Å². The lowest BCUT2D eigenvalue weighted by molar-refractivity contribution is -0.384. The Balaban J connectivity index is 1.97. The summed E-state index contributed by atoms with van der Waals surface area (Å²) in [5.74, 6) is -0.269. The van der Waals surface area contributed by atoms with Crippen molar-refractivity contribution in [2.75, 3.05) is 24.0 Å². The van der Waals surface area contributed by atoms with Crippen LogP contribution in [0.15, 0.2) is 57.6 Å². The second kappa shape index (κ2) is 7.32. The van der Waals surface area contributed by atoms with E-state index in [1.807, 2.05) is 12.1 Å². The summed E-state index contributed by atoms with van der Waals surface area (Å²) in [5, 5.41) is 17.0.